The molecule has 0 radical (unpaired) electrons. The van der Waals surface area contributed by atoms with Gasteiger partial charge >= 0.3 is 0 Å². The molecule has 1 aromatic heterocycles. The quantitative estimate of drug-likeness (QED) is 0.318. The summed E-state index contributed by atoms with van der Waals surface area (Å²) < 4.78 is 0. The van der Waals surface area contributed by atoms with Crippen LogP contribution in [0.3, 0.4) is 0 Å². The van der Waals surface area contributed by atoms with E-state index < -0.39 is 4.92 Å². The van der Waals surface area contributed by atoms with Crippen LogP contribution in [0.4, 0.5) is 11.4 Å². The zero-order valence-corrected chi connectivity index (χ0v) is 17.1. The lowest BCUT2D eigenvalue weighted by Gasteiger charge is -2.15. The number of carbonyl (C=O) groups is 1. The molecule has 0 spiro atoms. The van der Waals surface area contributed by atoms with E-state index in [0.29, 0.717) is 18.8 Å². The lowest BCUT2D eigenvalue weighted by Crippen LogP contribution is -2.25. The number of carbonyl (C=O) groups excluding carboxylic acids is 1. The first-order chi connectivity index (χ1) is 12.5. The molecule has 0 saturated heterocycles. The van der Waals surface area contributed by atoms with Gasteiger partial charge in [0.15, 0.2) is 0 Å². The minimum atomic E-state index is -0.501. The fourth-order valence-electron chi connectivity index (χ4n) is 2.46. The van der Waals surface area contributed by atoms with Crippen LogP contribution in [0.15, 0.2) is 42.6 Å². The van der Waals surface area contributed by atoms with E-state index in [1.807, 2.05) is 19.1 Å². The van der Waals surface area contributed by atoms with Crippen molar-refractivity contribution in [2.24, 2.45) is 5.73 Å². The summed E-state index contributed by atoms with van der Waals surface area (Å²) in [7, 11) is 0. The van der Waals surface area contributed by atoms with E-state index in [-0.39, 0.29) is 48.0 Å². The van der Waals surface area contributed by atoms with Crippen molar-refractivity contribution in [3.8, 4) is 0 Å². The van der Waals surface area contributed by atoms with Gasteiger partial charge in [0.05, 0.1) is 16.7 Å². The van der Waals surface area contributed by atoms with E-state index >= 15 is 0 Å². The van der Waals surface area contributed by atoms with Crippen molar-refractivity contribution < 1.29 is 9.72 Å². The van der Waals surface area contributed by atoms with Crippen LogP contribution in [0, 0.1) is 10.1 Å². The molecule has 2 rings (SSSR count). The van der Waals surface area contributed by atoms with Gasteiger partial charge in [-0.3, -0.25) is 19.9 Å². The SMILES string of the molecule is CC(Nc1ccc(C(=O)NCCCCN)cc1[N+](=O)[O-])c1ccccn1.Cl.Cl. The van der Waals surface area contributed by atoms with Gasteiger partial charge in [-0.15, -0.1) is 24.8 Å². The predicted molar refractivity (Wildman–Crippen MR) is 114 cm³/mol. The second-order valence-electron chi connectivity index (χ2n) is 5.86. The fraction of sp³-hybridized carbons (Fsp3) is 0.333. The van der Waals surface area contributed by atoms with E-state index in [2.05, 4.69) is 15.6 Å². The minimum Gasteiger partial charge on any atom is -0.371 e. The standard InChI is InChI=1S/C18H23N5O3.2ClH/c1-13(15-6-2-4-10-20-15)22-16-8-7-14(12-17(16)23(25)26)18(24)21-11-5-3-9-19;;/h2,4,6-8,10,12-13,22H,3,5,9,11,19H2,1H3,(H,21,24);2*1H. The third-order valence-corrected chi connectivity index (χ3v) is 3.88. The normalized spacial score (nSPS) is 10.8. The summed E-state index contributed by atoms with van der Waals surface area (Å²) in [6, 6.07) is 9.68. The summed E-state index contributed by atoms with van der Waals surface area (Å²) in [5.41, 5.74) is 6.62. The number of nitrogens with two attached hydrogens (primary N) is 1. The Bertz CT molecular complexity index is 762. The van der Waals surface area contributed by atoms with Gasteiger partial charge in [0.25, 0.3) is 11.6 Å². The third kappa shape index (κ3) is 7.30. The van der Waals surface area contributed by atoms with Gasteiger partial charge in [0.2, 0.25) is 0 Å². The molecule has 28 heavy (non-hydrogen) atoms. The molecule has 0 saturated carbocycles. The molecule has 2 aromatic rings. The van der Waals surface area contributed by atoms with Crippen LogP contribution in [0.1, 0.15) is 41.9 Å². The number of nitrogens with zero attached hydrogens (tertiary/aromatic N) is 2. The van der Waals surface area contributed by atoms with Gasteiger partial charge in [0, 0.05) is 24.4 Å². The topological polar surface area (TPSA) is 123 Å². The van der Waals surface area contributed by atoms with Gasteiger partial charge in [-0.05, 0) is 50.6 Å². The highest BCUT2D eigenvalue weighted by molar-refractivity contribution is 5.95. The number of nitrogens with one attached hydrogen (secondary N) is 2. The highest BCUT2D eigenvalue weighted by atomic mass is 35.5. The molecular weight excluding hydrogens is 405 g/mol. The number of nitro groups is 1. The van der Waals surface area contributed by atoms with E-state index in [0.717, 1.165) is 18.5 Å². The van der Waals surface area contributed by atoms with Crippen LogP contribution in [0.25, 0.3) is 0 Å². The Morgan fingerprint density at radius 2 is 2.00 bits per heavy atom. The summed E-state index contributed by atoms with van der Waals surface area (Å²) in [6.45, 7) is 2.92. The van der Waals surface area contributed by atoms with Crippen molar-refractivity contribution in [3.63, 3.8) is 0 Å². The number of unbranched alkanes of at least 4 members (excludes halogenated alkanes) is 1. The maximum absolute atomic E-state index is 12.1. The second-order valence-corrected chi connectivity index (χ2v) is 5.86. The molecule has 0 aliphatic rings. The van der Waals surface area contributed by atoms with Crippen LogP contribution in [-0.4, -0.2) is 28.9 Å². The summed E-state index contributed by atoms with van der Waals surface area (Å²) >= 11 is 0. The molecule has 0 aliphatic heterocycles. The zero-order chi connectivity index (χ0) is 18.9. The molecule has 1 unspecified atom stereocenters. The first kappa shape index (κ1) is 25.6. The third-order valence-electron chi connectivity index (χ3n) is 3.88. The largest absolute Gasteiger partial charge is 0.371 e. The summed E-state index contributed by atoms with van der Waals surface area (Å²) in [5.74, 6) is -0.338. The lowest BCUT2D eigenvalue weighted by atomic mass is 10.1. The molecular formula is C18H25Cl2N5O3. The van der Waals surface area contributed by atoms with E-state index in [1.165, 1.54) is 6.07 Å². The van der Waals surface area contributed by atoms with Crippen LogP contribution < -0.4 is 16.4 Å². The summed E-state index contributed by atoms with van der Waals surface area (Å²) in [5, 5.41) is 17.2. The van der Waals surface area contributed by atoms with Crippen molar-refractivity contribution in [2.75, 3.05) is 18.4 Å². The monoisotopic (exact) mass is 429 g/mol. The lowest BCUT2D eigenvalue weighted by molar-refractivity contribution is -0.384. The molecule has 8 nitrogen and oxygen atoms in total. The molecule has 154 valence electrons. The van der Waals surface area contributed by atoms with Crippen LogP contribution >= 0.6 is 24.8 Å². The Morgan fingerprint density at radius 3 is 2.61 bits per heavy atom. The average Bonchev–Trinajstić information content (AvgIpc) is 2.65. The number of anilines is 1. The molecule has 0 fully saturated rings. The van der Waals surface area contributed by atoms with Crippen molar-refractivity contribution >= 4 is 42.1 Å². The minimum absolute atomic E-state index is 0. The number of pyridine rings is 1. The van der Waals surface area contributed by atoms with Gasteiger partial charge in [0.1, 0.15) is 5.69 Å². The molecule has 0 bridgehead atoms. The highest BCUT2D eigenvalue weighted by Crippen LogP contribution is 2.28. The van der Waals surface area contributed by atoms with E-state index in [4.69, 9.17) is 5.73 Å². The Labute approximate surface area is 176 Å². The second kappa shape index (κ2) is 12.9. The van der Waals surface area contributed by atoms with Crippen molar-refractivity contribution in [2.45, 2.75) is 25.8 Å². The average molecular weight is 430 g/mol. The van der Waals surface area contributed by atoms with Crippen molar-refractivity contribution in [1.29, 1.82) is 0 Å². The first-order valence-electron chi connectivity index (χ1n) is 8.47. The molecule has 1 atom stereocenters. The van der Waals surface area contributed by atoms with Gasteiger partial charge < -0.3 is 16.4 Å². The maximum Gasteiger partial charge on any atom is 0.293 e. The van der Waals surface area contributed by atoms with Crippen LogP contribution in [0.2, 0.25) is 0 Å². The number of hydrogen-bond donors (Lipinski definition) is 3. The summed E-state index contributed by atoms with van der Waals surface area (Å²) in [6.07, 6.45) is 3.25. The van der Waals surface area contributed by atoms with Crippen molar-refractivity contribution in [1.82, 2.24) is 10.3 Å². The van der Waals surface area contributed by atoms with Crippen LogP contribution in [-0.2, 0) is 0 Å². The number of halogens is 2. The first-order valence-corrected chi connectivity index (χ1v) is 8.47. The molecule has 1 heterocycles. The number of hydrogen-bond acceptors (Lipinski definition) is 6. The van der Waals surface area contributed by atoms with E-state index in [1.54, 1.807) is 24.4 Å². The smallest absolute Gasteiger partial charge is 0.293 e. The van der Waals surface area contributed by atoms with Gasteiger partial charge in [-0.2, -0.15) is 0 Å². The number of benzene rings is 1. The number of nitro benzene ring substituents is 1. The Kier molecular flexibility index (Phi) is 11.8. The van der Waals surface area contributed by atoms with Gasteiger partial charge in [-0.1, -0.05) is 6.07 Å². The Morgan fingerprint density at radius 1 is 1.25 bits per heavy atom. The zero-order valence-electron chi connectivity index (χ0n) is 15.5. The van der Waals surface area contributed by atoms with Gasteiger partial charge in [-0.25, -0.2) is 0 Å². The molecule has 1 aromatic carbocycles. The summed E-state index contributed by atoms with van der Waals surface area (Å²) in [4.78, 5) is 27.3. The van der Waals surface area contributed by atoms with Crippen molar-refractivity contribution in [3.05, 3.63) is 64.0 Å². The fourth-order valence-corrected chi connectivity index (χ4v) is 2.46. The Balaban J connectivity index is 0.00000364. The number of rotatable bonds is 9. The Hall–Kier alpha value is -2.42. The molecule has 0 aliphatic carbocycles. The van der Waals surface area contributed by atoms with E-state index in [9.17, 15) is 14.9 Å². The maximum atomic E-state index is 12.1. The number of aromatic nitrogens is 1. The number of amides is 1. The van der Waals surface area contributed by atoms with Crippen LogP contribution in [0.5, 0.6) is 0 Å². The highest BCUT2D eigenvalue weighted by Gasteiger charge is 2.19. The molecule has 10 heteroatoms. The molecule has 1 amide bonds. The predicted octanol–water partition coefficient (Wildman–Crippen LogP) is 3.48. The molecule has 4 N–H and O–H groups in total.